The standard InChI is InChI=1S/C14H12N8S/c1-2-11-15-17-14-22(11)18-13(23-14)9-7-8-5-3-4-6-10(8)21-12(9)16-19-20-21/h3-7,13,18H,2H2,1H3. The molecule has 23 heavy (non-hydrogen) atoms. The van der Waals surface area contributed by atoms with Crippen LogP contribution in [-0.4, -0.2) is 34.9 Å². The number of fused-ring (bicyclic) bond motifs is 4. The van der Waals surface area contributed by atoms with E-state index < -0.39 is 0 Å². The fourth-order valence-electron chi connectivity index (χ4n) is 2.87. The van der Waals surface area contributed by atoms with Gasteiger partial charge in [0.25, 0.3) is 0 Å². The number of pyridine rings is 1. The van der Waals surface area contributed by atoms with Gasteiger partial charge >= 0.3 is 0 Å². The third-order valence-corrected chi connectivity index (χ3v) is 5.04. The maximum atomic E-state index is 4.23. The van der Waals surface area contributed by atoms with Crippen LogP contribution >= 0.6 is 11.8 Å². The second kappa shape index (κ2) is 4.66. The topological polar surface area (TPSA) is 85.8 Å². The van der Waals surface area contributed by atoms with Gasteiger partial charge in [0.15, 0.2) is 11.5 Å². The molecule has 0 amide bonds. The predicted molar refractivity (Wildman–Crippen MR) is 85.6 cm³/mol. The minimum Gasteiger partial charge on any atom is -0.304 e. The first-order chi connectivity index (χ1) is 11.3. The number of tetrazole rings is 1. The molecule has 4 heterocycles. The molecule has 1 unspecified atom stereocenters. The molecular weight excluding hydrogens is 312 g/mol. The molecule has 1 aliphatic heterocycles. The fraction of sp³-hybridized carbons (Fsp3) is 0.214. The third-order valence-electron chi connectivity index (χ3n) is 3.97. The number of thioether (sulfide) groups is 1. The Hall–Kier alpha value is -2.68. The van der Waals surface area contributed by atoms with Crippen molar-refractivity contribution in [3.8, 4) is 0 Å². The van der Waals surface area contributed by atoms with Crippen molar-refractivity contribution in [2.45, 2.75) is 23.9 Å². The normalized spacial score (nSPS) is 16.8. The van der Waals surface area contributed by atoms with Crippen LogP contribution in [0.25, 0.3) is 16.6 Å². The molecule has 0 fully saturated rings. The molecule has 0 aliphatic carbocycles. The second-order valence-corrected chi connectivity index (χ2v) is 6.36. The Balaban J connectivity index is 1.68. The van der Waals surface area contributed by atoms with Crippen molar-refractivity contribution in [1.29, 1.82) is 0 Å². The molecular formula is C14H12N8S. The monoisotopic (exact) mass is 324 g/mol. The van der Waals surface area contributed by atoms with Gasteiger partial charge in [0.05, 0.1) is 5.52 Å². The molecule has 0 saturated heterocycles. The van der Waals surface area contributed by atoms with Gasteiger partial charge in [0.2, 0.25) is 5.16 Å². The molecule has 3 aromatic heterocycles. The van der Waals surface area contributed by atoms with Gasteiger partial charge in [0.1, 0.15) is 5.37 Å². The molecule has 1 atom stereocenters. The van der Waals surface area contributed by atoms with Gasteiger partial charge in [-0.2, -0.15) is 4.52 Å². The first kappa shape index (κ1) is 12.8. The summed E-state index contributed by atoms with van der Waals surface area (Å²) < 4.78 is 3.73. The Morgan fingerprint density at radius 1 is 1.22 bits per heavy atom. The van der Waals surface area contributed by atoms with Crippen LogP contribution in [-0.2, 0) is 6.42 Å². The maximum Gasteiger partial charge on any atom is 0.212 e. The number of aryl methyl sites for hydroxylation is 1. The molecule has 9 heteroatoms. The van der Waals surface area contributed by atoms with Gasteiger partial charge in [-0.25, -0.2) is 4.68 Å². The Morgan fingerprint density at radius 2 is 2.13 bits per heavy atom. The van der Waals surface area contributed by atoms with Gasteiger partial charge in [-0.1, -0.05) is 36.9 Å². The molecule has 1 N–H and O–H groups in total. The van der Waals surface area contributed by atoms with E-state index >= 15 is 0 Å². The molecule has 5 rings (SSSR count). The van der Waals surface area contributed by atoms with Crippen molar-refractivity contribution < 1.29 is 0 Å². The van der Waals surface area contributed by atoms with Crippen LogP contribution < -0.4 is 5.43 Å². The van der Waals surface area contributed by atoms with Crippen LogP contribution in [0.5, 0.6) is 0 Å². The van der Waals surface area contributed by atoms with Crippen molar-refractivity contribution in [3.63, 3.8) is 0 Å². The summed E-state index contributed by atoms with van der Waals surface area (Å²) in [4.78, 5) is 0. The summed E-state index contributed by atoms with van der Waals surface area (Å²) >= 11 is 1.62. The van der Waals surface area contributed by atoms with Crippen molar-refractivity contribution in [3.05, 3.63) is 41.7 Å². The molecule has 1 aliphatic rings. The van der Waals surface area contributed by atoms with Crippen LogP contribution in [0.1, 0.15) is 23.7 Å². The highest BCUT2D eigenvalue weighted by Crippen LogP contribution is 2.40. The van der Waals surface area contributed by atoms with Crippen LogP contribution in [0.4, 0.5) is 0 Å². The highest BCUT2D eigenvalue weighted by Gasteiger charge is 2.29. The number of para-hydroxylation sites is 1. The Labute approximate surface area is 134 Å². The molecule has 0 spiro atoms. The lowest BCUT2D eigenvalue weighted by molar-refractivity contribution is 0.739. The van der Waals surface area contributed by atoms with Crippen molar-refractivity contribution in [1.82, 2.24) is 34.9 Å². The highest BCUT2D eigenvalue weighted by molar-refractivity contribution is 7.99. The number of nitrogens with zero attached hydrogens (tertiary/aromatic N) is 7. The summed E-state index contributed by atoms with van der Waals surface area (Å²) in [6.45, 7) is 2.06. The Kier molecular flexibility index (Phi) is 2.60. The zero-order chi connectivity index (χ0) is 15.4. The predicted octanol–water partition coefficient (Wildman–Crippen LogP) is 1.78. The van der Waals surface area contributed by atoms with Crippen molar-refractivity contribution in [2.75, 3.05) is 5.43 Å². The lowest BCUT2D eigenvalue weighted by Crippen LogP contribution is -2.16. The zero-order valence-electron chi connectivity index (χ0n) is 12.2. The number of aromatic nitrogens is 7. The fourth-order valence-corrected chi connectivity index (χ4v) is 3.89. The molecule has 1 aromatic carbocycles. The summed E-state index contributed by atoms with van der Waals surface area (Å²) in [6.07, 6.45) is 0.826. The lowest BCUT2D eigenvalue weighted by Gasteiger charge is -2.13. The number of rotatable bonds is 2. The average molecular weight is 324 g/mol. The third kappa shape index (κ3) is 1.76. The van der Waals surface area contributed by atoms with E-state index in [-0.39, 0.29) is 5.37 Å². The average Bonchev–Trinajstić information content (AvgIpc) is 3.29. The highest BCUT2D eigenvalue weighted by atomic mass is 32.2. The van der Waals surface area contributed by atoms with Gasteiger partial charge < -0.3 is 5.43 Å². The largest absolute Gasteiger partial charge is 0.304 e. The van der Waals surface area contributed by atoms with Gasteiger partial charge in [-0.05, 0) is 22.6 Å². The zero-order valence-corrected chi connectivity index (χ0v) is 13.0. The van der Waals surface area contributed by atoms with Crippen LogP contribution in [0, 0.1) is 0 Å². The molecule has 0 radical (unpaired) electrons. The van der Waals surface area contributed by atoms with E-state index in [0.29, 0.717) is 0 Å². The SMILES string of the molecule is CCc1nnc2n1NC(c1cc3ccccc3n3nnnc13)S2. The number of hydrogen-bond donors (Lipinski definition) is 1. The Bertz CT molecular complexity index is 1040. The quantitative estimate of drug-likeness (QED) is 0.601. The Morgan fingerprint density at radius 3 is 3.04 bits per heavy atom. The van der Waals surface area contributed by atoms with Crippen LogP contribution in [0.3, 0.4) is 0 Å². The summed E-state index contributed by atoms with van der Waals surface area (Å²) in [5, 5.41) is 22.6. The van der Waals surface area contributed by atoms with E-state index in [1.165, 1.54) is 0 Å². The first-order valence-corrected chi connectivity index (χ1v) is 8.20. The number of benzene rings is 1. The molecule has 0 bridgehead atoms. The summed E-state index contributed by atoms with van der Waals surface area (Å²) in [7, 11) is 0. The van der Waals surface area contributed by atoms with Crippen LogP contribution in [0.15, 0.2) is 35.5 Å². The molecule has 4 aromatic rings. The number of nitrogens with one attached hydrogen (secondary N) is 1. The molecule has 8 nitrogen and oxygen atoms in total. The summed E-state index contributed by atoms with van der Waals surface area (Å²) in [6, 6.07) is 10.2. The van der Waals surface area contributed by atoms with E-state index in [9.17, 15) is 0 Å². The van der Waals surface area contributed by atoms with E-state index in [4.69, 9.17) is 0 Å². The van der Waals surface area contributed by atoms with E-state index in [0.717, 1.165) is 39.5 Å². The maximum absolute atomic E-state index is 4.23. The second-order valence-electron chi connectivity index (χ2n) is 5.29. The molecule has 114 valence electrons. The van der Waals surface area contributed by atoms with Crippen molar-refractivity contribution in [2.24, 2.45) is 0 Å². The summed E-state index contributed by atoms with van der Waals surface area (Å²) in [5.74, 6) is 0.923. The minimum atomic E-state index is 0.00362. The van der Waals surface area contributed by atoms with Gasteiger partial charge in [-0.3, -0.25) is 0 Å². The lowest BCUT2D eigenvalue weighted by atomic mass is 10.1. The van der Waals surface area contributed by atoms with Gasteiger partial charge in [0, 0.05) is 17.4 Å². The number of hydrogen-bond acceptors (Lipinski definition) is 7. The smallest absolute Gasteiger partial charge is 0.212 e. The van der Waals surface area contributed by atoms with Crippen LogP contribution in [0.2, 0.25) is 0 Å². The van der Waals surface area contributed by atoms with E-state index in [1.807, 2.05) is 22.9 Å². The van der Waals surface area contributed by atoms with Crippen molar-refractivity contribution >= 4 is 28.3 Å². The van der Waals surface area contributed by atoms with Gasteiger partial charge in [-0.15, -0.1) is 15.3 Å². The van der Waals surface area contributed by atoms with E-state index in [2.05, 4.69) is 50.2 Å². The first-order valence-electron chi connectivity index (χ1n) is 7.32. The minimum absolute atomic E-state index is 0.00362. The van der Waals surface area contributed by atoms with E-state index in [1.54, 1.807) is 16.3 Å². The molecule has 0 saturated carbocycles. The summed E-state index contributed by atoms with van der Waals surface area (Å²) in [5.41, 5.74) is 6.22.